The standard InChI is InChI=1S/C37H26N2O3S/c40-37-32-25-24-31(38(27-14-5-1-6-15-27)28-16-7-2-8-17-28)26-35(32)43(41,42)34-23-13-22-33(36(34)37)39(29-18-9-3-10-19-29)30-20-11-4-12-21-30/h1-26H. The molecule has 0 aliphatic carbocycles. The first kappa shape index (κ1) is 26.4. The van der Waals surface area contributed by atoms with Gasteiger partial charge in [-0.1, -0.05) is 78.9 Å². The number of anilines is 6. The second kappa shape index (κ2) is 10.7. The summed E-state index contributed by atoms with van der Waals surface area (Å²) in [4.78, 5) is 18.2. The molecule has 0 radical (unpaired) electrons. The Labute approximate surface area is 250 Å². The van der Waals surface area contributed by atoms with Gasteiger partial charge in [-0.05, 0) is 78.9 Å². The number of carbonyl (C=O) groups excluding carboxylic acids is 1. The Morgan fingerprint density at radius 2 is 0.884 bits per heavy atom. The van der Waals surface area contributed by atoms with E-state index >= 15 is 0 Å². The summed E-state index contributed by atoms with van der Waals surface area (Å²) >= 11 is 0. The number of rotatable bonds is 6. The van der Waals surface area contributed by atoms with Crippen molar-refractivity contribution in [2.45, 2.75) is 9.79 Å². The van der Waals surface area contributed by atoms with Crippen LogP contribution in [0.1, 0.15) is 15.9 Å². The van der Waals surface area contributed by atoms with Crippen molar-refractivity contribution >= 4 is 49.7 Å². The molecule has 0 spiro atoms. The van der Waals surface area contributed by atoms with Crippen molar-refractivity contribution in [2.24, 2.45) is 0 Å². The van der Waals surface area contributed by atoms with E-state index in [9.17, 15) is 13.2 Å². The molecule has 5 nitrogen and oxygen atoms in total. The molecule has 1 aliphatic rings. The zero-order chi connectivity index (χ0) is 29.4. The van der Waals surface area contributed by atoms with Gasteiger partial charge in [0.1, 0.15) is 0 Å². The zero-order valence-electron chi connectivity index (χ0n) is 23.0. The highest BCUT2D eigenvalue weighted by atomic mass is 32.2. The number of nitrogens with zero attached hydrogens (tertiary/aromatic N) is 2. The summed E-state index contributed by atoms with van der Waals surface area (Å²) in [7, 11) is -4.05. The van der Waals surface area contributed by atoms with Crippen LogP contribution in [0, 0.1) is 0 Å². The third-order valence-corrected chi connectivity index (χ3v) is 9.41. The fourth-order valence-corrected chi connectivity index (χ4v) is 7.34. The molecule has 0 atom stereocenters. The van der Waals surface area contributed by atoms with Crippen molar-refractivity contribution < 1.29 is 13.2 Å². The Hall–Kier alpha value is -5.46. The summed E-state index contributed by atoms with van der Waals surface area (Å²) in [5.74, 6) is -0.329. The molecule has 0 bridgehead atoms. The SMILES string of the molecule is O=C1c2ccc(N(c3ccccc3)c3ccccc3)cc2S(=O)(=O)c2cccc(N(c3ccccc3)c3ccccc3)c21. The summed E-state index contributed by atoms with van der Waals surface area (Å²) in [5.41, 5.74) is 4.85. The van der Waals surface area contributed by atoms with Crippen LogP contribution in [-0.4, -0.2) is 14.2 Å². The van der Waals surface area contributed by atoms with Crippen molar-refractivity contribution in [3.05, 3.63) is 169 Å². The Bertz CT molecular complexity index is 1960. The molecule has 7 rings (SSSR count). The number of carbonyl (C=O) groups is 1. The van der Waals surface area contributed by atoms with E-state index < -0.39 is 9.84 Å². The van der Waals surface area contributed by atoms with Gasteiger partial charge in [-0.15, -0.1) is 0 Å². The molecule has 0 saturated heterocycles. The van der Waals surface area contributed by atoms with E-state index in [2.05, 4.69) is 0 Å². The van der Waals surface area contributed by atoms with Crippen molar-refractivity contribution in [2.75, 3.05) is 9.80 Å². The minimum Gasteiger partial charge on any atom is -0.310 e. The third-order valence-electron chi connectivity index (χ3n) is 7.58. The van der Waals surface area contributed by atoms with Crippen LogP contribution in [0.3, 0.4) is 0 Å². The van der Waals surface area contributed by atoms with Gasteiger partial charge >= 0.3 is 0 Å². The van der Waals surface area contributed by atoms with Gasteiger partial charge in [0.2, 0.25) is 9.84 Å². The molecule has 0 fully saturated rings. The molecule has 0 N–H and O–H groups in total. The van der Waals surface area contributed by atoms with Crippen LogP contribution in [0.4, 0.5) is 34.1 Å². The van der Waals surface area contributed by atoms with Crippen molar-refractivity contribution in [3.63, 3.8) is 0 Å². The van der Waals surface area contributed by atoms with Crippen LogP contribution in [0.5, 0.6) is 0 Å². The minimum absolute atomic E-state index is 0.00230. The van der Waals surface area contributed by atoms with Crippen LogP contribution >= 0.6 is 0 Å². The van der Waals surface area contributed by atoms with Crippen molar-refractivity contribution in [1.29, 1.82) is 0 Å². The average molecular weight is 579 g/mol. The molecule has 6 aromatic rings. The highest BCUT2D eigenvalue weighted by Gasteiger charge is 2.38. The molecule has 6 aromatic carbocycles. The number of hydrogen-bond acceptors (Lipinski definition) is 5. The lowest BCUT2D eigenvalue weighted by molar-refractivity contribution is 0.103. The van der Waals surface area contributed by atoms with E-state index in [1.807, 2.05) is 137 Å². The maximum atomic E-state index is 14.3. The predicted molar refractivity (Wildman–Crippen MR) is 171 cm³/mol. The second-order valence-corrected chi connectivity index (χ2v) is 12.1. The van der Waals surface area contributed by atoms with Crippen LogP contribution in [-0.2, 0) is 9.84 Å². The first-order valence-corrected chi connectivity index (χ1v) is 15.4. The number of ketones is 1. The quantitative estimate of drug-likeness (QED) is 0.197. The van der Waals surface area contributed by atoms with E-state index in [4.69, 9.17) is 0 Å². The molecule has 208 valence electrons. The summed E-state index contributed by atoms with van der Waals surface area (Å²) in [6, 6.07) is 48.9. The molecule has 43 heavy (non-hydrogen) atoms. The third kappa shape index (κ3) is 4.58. The first-order chi connectivity index (χ1) is 21.0. The van der Waals surface area contributed by atoms with Crippen LogP contribution in [0.25, 0.3) is 0 Å². The van der Waals surface area contributed by atoms with Gasteiger partial charge in [-0.25, -0.2) is 8.42 Å². The maximum Gasteiger partial charge on any atom is 0.208 e. The van der Waals surface area contributed by atoms with Crippen LogP contribution in [0.2, 0.25) is 0 Å². The highest BCUT2D eigenvalue weighted by molar-refractivity contribution is 7.91. The van der Waals surface area contributed by atoms with Gasteiger partial charge in [0.25, 0.3) is 0 Å². The van der Waals surface area contributed by atoms with Gasteiger partial charge in [-0.2, -0.15) is 0 Å². The summed E-state index contributed by atoms with van der Waals surface area (Å²) in [6.45, 7) is 0. The molecule has 0 saturated carbocycles. The number of para-hydroxylation sites is 4. The molecular formula is C37H26N2O3S. The Morgan fingerprint density at radius 1 is 0.419 bits per heavy atom. The first-order valence-electron chi connectivity index (χ1n) is 13.9. The van der Waals surface area contributed by atoms with Gasteiger partial charge < -0.3 is 9.80 Å². The van der Waals surface area contributed by atoms with Crippen molar-refractivity contribution in [1.82, 2.24) is 0 Å². The number of hydrogen-bond donors (Lipinski definition) is 0. The van der Waals surface area contributed by atoms with Gasteiger partial charge in [0.15, 0.2) is 5.78 Å². The predicted octanol–water partition coefficient (Wildman–Crippen LogP) is 9.00. The van der Waals surface area contributed by atoms with Crippen LogP contribution < -0.4 is 9.80 Å². The van der Waals surface area contributed by atoms with E-state index in [0.717, 1.165) is 22.7 Å². The average Bonchev–Trinajstić information content (AvgIpc) is 3.06. The summed E-state index contributed by atoms with van der Waals surface area (Å²) in [6.07, 6.45) is 0. The fourth-order valence-electron chi connectivity index (χ4n) is 5.65. The number of sulfone groups is 1. The van der Waals surface area contributed by atoms with Gasteiger partial charge in [0, 0.05) is 34.0 Å². The lowest BCUT2D eigenvalue weighted by atomic mass is 9.98. The molecule has 0 amide bonds. The van der Waals surface area contributed by atoms with Gasteiger partial charge in [0.05, 0.1) is 21.0 Å². The van der Waals surface area contributed by atoms with E-state index in [1.165, 1.54) is 6.07 Å². The maximum absolute atomic E-state index is 14.3. The molecule has 1 heterocycles. The van der Waals surface area contributed by atoms with E-state index in [-0.39, 0.29) is 26.7 Å². The Balaban J connectivity index is 1.41. The lowest BCUT2D eigenvalue weighted by Crippen LogP contribution is -2.24. The number of benzene rings is 6. The molecular weight excluding hydrogens is 552 g/mol. The largest absolute Gasteiger partial charge is 0.310 e. The molecule has 6 heteroatoms. The fraction of sp³-hybridized carbons (Fsp3) is 0. The molecule has 0 unspecified atom stereocenters. The Kier molecular flexibility index (Phi) is 6.61. The smallest absolute Gasteiger partial charge is 0.208 e. The summed E-state index contributed by atoms with van der Waals surface area (Å²) in [5, 5.41) is 0. The minimum atomic E-state index is -4.05. The second-order valence-electron chi connectivity index (χ2n) is 10.2. The lowest BCUT2D eigenvalue weighted by Gasteiger charge is -2.31. The molecule has 1 aliphatic heterocycles. The van der Waals surface area contributed by atoms with Crippen LogP contribution in [0.15, 0.2) is 168 Å². The van der Waals surface area contributed by atoms with Crippen molar-refractivity contribution in [3.8, 4) is 0 Å². The normalized spacial score (nSPS) is 13.1. The van der Waals surface area contributed by atoms with E-state index in [1.54, 1.807) is 24.3 Å². The summed E-state index contributed by atoms with van der Waals surface area (Å²) < 4.78 is 28.7. The zero-order valence-corrected chi connectivity index (χ0v) is 23.9. The number of fused-ring (bicyclic) bond motifs is 2. The van der Waals surface area contributed by atoms with Gasteiger partial charge in [-0.3, -0.25) is 4.79 Å². The molecule has 0 aromatic heterocycles. The monoisotopic (exact) mass is 578 g/mol. The highest BCUT2D eigenvalue weighted by Crippen LogP contribution is 2.45. The van der Waals surface area contributed by atoms with E-state index in [0.29, 0.717) is 11.4 Å². The topological polar surface area (TPSA) is 57.7 Å². The Morgan fingerprint density at radius 3 is 1.37 bits per heavy atom.